The van der Waals surface area contributed by atoms with Gasteiger partial charge in [-0.1, -0.05) is 67.2 Å². The van der Waals surface area contributed by atoms with E-state index >= 15 is 0 Å². The monoisotopic (exact) mass is 690 g/mol. The first-order valence-electron chi connectivity index (χ1n) is 16.3. The zero-order valence-corrected chi connectivity index (χ0v) is 29.7. The lowest BCUT2D eigenvalue weighted by molar-refractivity contribution is -0.150. The van der Waals surface area contributed by atoms with E-state index in [1.54, 1.807) is 27.7 Å². The van der Waals surface area contributed by atoms with Gasteiger partial charge in [0.15, 0.2) is 0 Å². The van der Waals surface area contributed by atoms with Crippen molar-refractivity contribution in [3.05, 3.63) is 96.5 Å². The van der Waals surface area contributed by atoms with Crippen molar-refractivity contribution in [3.8, 4) is 0 Å². The third-order valence-electron chi connectivity index (χ3n) is 7.46. The average Bonchev–Trinajstić information content (AvgIpc) is 3.43. The van der Waals surface area contributed by atoms with Crippen LogP contribution in [0.1, 0.15) is 51.3 Å². The summed E-state index contributed by atoms with van der Waals surface area (Å²) in [6, 6.07) is 16.7. The van der Waals surface area contributed by atoms with Crippen molar-refractivity contribution in [3.63, 3.8) is 0 Å². The van der Waals surface area contributed by atoms with Gasteiger partial charge in [0.05, 0.1) is 24.2 Å². The van der Waals surface area contributed by atoms with Crippen LogP contribution >= 0.6 is 7.44 Å². The largest absolute Gasteiger partial charge is 0.462 e. The van der Waals surface area contributed by atoms with Gasteiger partial charge in [-0.2, -0.15) is 0 Å². The summed E-state index contributed by atoms with van der Waals surface area (Å²) >= 11 is 0. The molecule has 0 fully saturated rings. The Kier molecular flexibility index (Phi) is 13.3. The number of aromatic nitrogens is 3. The number of hydrogen-bond donors (Lipinski definition) is 3. The number of nitrogen functional groups attached to an aromatic ring is 1. The number of nitrogens with one attached hydrogen (secondary N) is 2. The number of carbonyl (C=O) groups excluding carboxylic acids is 2. The van der Waals surface area contributed by atoms with Crippen molar-refractivity contribution in [1.82, 2.24) is 24.7 Å². The maximum absolute atomic E-state index is 14.9. The van der Waals surface area contributed by atoms with Gasteiger partial charge in [-0.05, 0) is 64.2 Å². The van der Waals surface area contributed by atoms with Crippen LogP contribution in [-0.4, -0.2) is 63.7 Å². The molecule has 4 rings (SSSR count). The Hall–Kier alpha value is -4.35. The van der Waals surface area contributed by atoms with Crippen LogP contribution in [0.15, 0.2) is 79.8 Å². The Morgan fingerprint density at radius 3 is 1.86 bits per heavy atom. The minimum Gasteiger partial charge on any atom is -0.462 e. The number of fused-ring (bicyclic) bond motifs is 1. The summed E-state index contributed by atoms with van der Waals surface area (Å²) in [5.74, 6) is -0.807. The highest BCUT2D eigenvalue weighted by Crippen LogP contribution is 2.39. The molecule has 0 aliphatic carbocycles. The number of nitrogens with two attached hydrogens (primary N) is 1. The molecule has 4 aromatic rings. The summed E-state index contributed by atoms with van der Waals surface area (Å²) < 4.78 is 34.0. The highest BCUT2D eigenvalue weighted by Gasteiger charge is 2.36. The van der Waals surface area contributed by atoms with Crippen LogP contribution in [0.5, 0.6) is 0 Å². The van der Waals surface area contributed by atoms with Crippen molar-refractivity contribution < 1.29 is 28.4 Å². The lowest BCUT2D eigenvalue weighted by atomic mass is 10.1. The number of nitrogens with zero attached hydrogens (tertiary/aromatic N) is 3. The highest BCUT2D eigenvalue weighted by atomic mass is 31.2. The summed E-state index contributed by atoms with van der Waals surface area (Å²) in [6.45, 7) is 13.4. The molecule has 2 aromatic carbocycles. The minimum absolute atomic E-state index is 0.121. The number of ether oxygens (including phenoxy) is 3. The maximum Gasteiger partial charge on any atom is 0.324 e. The Morgan fingerprint density at radius 1 is 0.878 bits per heavy atom. The topological polar surface area (TPSA) is 160 Å². The lowest BCUT2D eigenvalue weighted by Crippen LogP contribution is -2.47. The molecule has 0 radical (unpaired) electrons. The normalized spacial score (nSPS) is 13.0. The molecule has 0 amide bonds. The number of anilines is 1. The number of allylic oxidation sites excluding steroid dienone is 1. The zero-order chi connectivity index (χ0) is 35.6. The molecule has 262 valence electrons. The van der Waals surface area contributed by atoms with Crippen LogP contribution in [0, 0.1) is 0 Å². The average molecular weight is 691 g/mol. The molecule has 0 unspecified atom stereocenters. The van der Waals surface area contributed by atoms with Crippen molar-refractivity contribution in [1.29, 1.82) is 0 Å². The van der Waals surface area contributed by atoms with Crippen molar-refractivity contribution in [2.75, 3.05) is 18.7 Å². The molecule has 13 heteroatoms. The summed E-state index contributed by atoms with van der Waals surface area (Å²) in [4.78, 5) is 35.4. The van der Waals surface area contributed by atoms with E-state index in [0.29, 0.717) is 23.4 Å². The van der Waals surface area contributed by atoms with Crippen molar-refractivity contribution >= 4 is 41.8 Å². The number of esters is 2. The summed E-state index contributed by atoms with van der Waals surface area (Å²) in [5, 5.41) is 6.79. The van der Waals surface area contributed by atoms with Gasteiger partial charge in [-0.25, -0.2) is 20.1 Å². The zero-order valence-electron chi connectivity index (χ0n) is 28.8. The van der Waals surface area contributed by atoms with E-state index in [-0.39, 0.29) is 25.8 Å². The summed E-state index contributed by atoms with van der Waals surface area (Å²) in [7, 11) is -3.88. The van der Waals surface area contributed by atoms with Gasteiger partial charge in [-0.3, -0.25) is 14.2 Å². The van der Waals surface area contributed by atoms with E-state index in [2.05, 4.69) is 26.7 Å². The molecule has 0 saturated carbocycles. The molecule has 0 saturated heterocycles. The fourth-order valence-corrected chi connectivity index (χ4v) is 7.31. The molecule has 2 heterocycles. The highest BCUT2D eigenvalue weighted by molar-refractivity contribution is 7.59. The van der Waals surface area contributed by atoms with E-state index in [1.165, 1.54) is 6.33 Å². The van der Waals surface area contributed by atoms with Crippen LogP contribution in [0.4, 0.5) is 5.82 Å². The Balaban J connectivity index is 1.63. The summed E-state index contributed by atoms with van der Waals surface area (Å²) in [5.41, 5.74) is 10.1. The van der Waals surface area contributed by atoms with E-state index < -0.39 is 43.7 Å². The first-order chi connectivity index (χ1) is 23.3. The van der Waals surface area contributed by atoms with E-state index in [0.717, 1.165) is 22.3 Å². The summed E-state index contributed by atoms with van der Waals surface area (Å²) in [6.07, 6.45) is 2.51. The number of carbonyl (C=O) groups is 2. The molecule has 0 aliphatic heterocycles. The van der Waals surface area contributed by atoms with E-state index in [1.807, 2.05) is 78.4 Å². The van der Waals surface area contributed by atoms with Gasteiger partial charge >= 0.3 is 11.9 Å². The second kappa shape index (κ2) is 17.3. The molecule has 2 aromatic heterocycles. The van der Waals surface area contributed by atoms with Gasteiger partial charge in [0.2, 0.25) is 7.44 Å². The molecular weight excluding hydrogens is 643 g/mol. The molecule has 2 atom stereocenters. The van der Waals surface area contributed by atoms with Gasteiger partial charge in [-0.15, -0.1) is 0 Å². The van der Waals surface area contributed by atoms with Crippen molar-refractivity contribution in [2.45, 2.75) is 78.3 Å². The van der Waals surface area contributed by atoms with Crippen molar-refractivity contribution in [2.24, 2.45) is 0 Å². The van der Waals surface area contributed by atoms with Crippen LogP contribution in [0.2, 0.25) is 0 Å². The second-order valence-corrected chi connectivity index (χ2v) is 14.7. The second-order valence-electron chi connectivity index (χ2n) is 12.5. The molecule has 0 bridgehead atoms. The Labute approximate surface area is 287 Å². The van der Waals surface area contributed by atoms with E-state index in [4.69, 9.17) is 19.9 Å². The minimum atomic E-state index is -3.88. The third-order valence-corrected chi connectivity index (χ3v) is 9.46. The molecule has 0 spiro atoms. The third kappa shape index (κ3) is 10.8. The molecular formula is C36H47N6O6P. The molecule has 49 heavy (non-hydrogen) atoms. The number of hydrogen-bond acceptors (Lipinski definition) is 9. The predicted octanol–water partition coefficient (Wildman–Crippen LogP) is 5.52. The number of rotatable bonds is 18. The first-order valence-corrected chi connectivity index (χ1v) is 18.2. The van der Waals surface area contributed by atoms with Crippen LogP contribution in [-0.2, 0) is 47.8 Å². The maximum atomic E-state index is 14.9. The number of benzene rings is 2. The molecule has 0 aliphatic rings. The molecule has 12 nitrogen and oxygen atoms in total. The molecule has 4 N–H and O–H groups in total. The Bertz CT molecular complexity index is 1690. The smallest absolute Gasteiger partial charge is 0.324 e. The quantitative estimate of drug-likeness (QED) is 0.0686. The van der Waals surface area contributed by atoms with Gasteiger partial charge < -0.3 is 24.5 Å². The fourth-order valence-electron chi connectivity index (χ4n) is 5.30. The Morgan fingerprint density at radius 2 is 1.39 bits per heavy atom. The van der Waals surface area contributed by atoms with Crippen LogP contribution in [0.3, 0.4) is 0 Å². The first kappa shape index (κ1) is 37.5. The fraction of sp³-hybridized carbons (Fsp3) is 0.389. The van der Waals surface area contributed by atoms with Crippen LogP contribution < -0.4 is 15.9 Å². The van der Waals surface area contributed by atoms with E-state index in [9.17, 15) is 14.2 Å². The standard InChI is InChI=1S/C36H47N6O6P/c1-24(2)29-21-42(34-32(29)33(37)38-22-39-34)17-18-46-23-49(45,40-30(35(43)47-25(3)4)19-27-13-9-7-10-14-27)41-31(36(44)48-26(5)6)20-28-15-11-8-12-16-28/h7-16,21-22,25-26,30-31H,1,17-20,23H2,2-6H3,(H2,37,38,39)(H2,40,41,45)/t30-,31-/m0/s1. The predicted molar refractivity (Wildman–Crippen MR) is 192 cm³/mol. The lowest BCUT2D eigenvalue weighted by Gasteiger charge is -2.29. The van der Waals surface area contributed by atoms with Gasteiger partial charge in [0.25, 0.3) is 0 Å². The SMILES string of the molecule is C=C(C)c1cn(CCOCP(=O)(N[C@@H](Cc2ccccc2)C(=O)OC(C)C)N[C@@H](Cc2ccccc2)C(=O)OC(C)C)c2ncnc(N)c12. The van der Waals surface area contributed by atoms with Gasteiger partial charge in [0, 0.05) is 18.3 Å². The van der Waals surface area contributed by atoms with Gasteiger partial charge in [0.1, 0.15) is 36.2 Å². The van der Waals surface area contributed by atoms with Crippen LogP contribution in [0.25, 0.3) is 16.6 Å².